The van der Waals surface area contributed by atoms with Crippen molar-refractivity contribution in [2.45, 2.75) is 51.0 Å². The lowest BCUT2D eigenvalue weighted by molar-refractivity contribution is -0.383. The topological polar surface area (TPSA) is 122 Å². The van der Waals surface area contributed by atoms with Crippen molar-refractivity contribution in [2.75, 3.05) is 10.7 Å². The van der Waals surface area contributed by atoms with Gasteiger partial charge >= 0.3 is 5.69 Å². The molecule has 162 valence electrons. The number of anilines is 2. The minimum Gasteiger partial charge on any atom is -0.359 e. The molecule has 1 aromatic carbocycles. The van der Waals surface area contributed by atoms with E-state index in [1.54, 1.807) is 12.1 Å². The molecule has 2 aromatic rings. The molecule has 4 saturated carbocycles. The van der Waals surface area contributed by atoms with Crippen LogP contribution in [0.25, 0.3) is 0 Å². The molecule has 0 unspecified atom stereocenters. The molecule has 4 bridgehead atoms. The zero-order chi connectivity index (χ0) is 21.6. The number of nitrogens with one attached hydrogen (secondary N) is 3. The average Bonchev–Trinajstić information content (AvgIpc) is 2.71. The van der Waals surface area contributed by atoms with Gasteiger partial charge in [0.05, 0.1) is 4.92 Å². The van der Waals surface area contributed by atoms with Crippen LogP contribution in [0.4, 0.5) is 17.3 Å². The first-order valence-electron chi connectivity index (χ1n) is 10.8. The zero-order valence-corrected chi connectivity index (χ0v) is 17.4. The fourth-order valence-corrected chi connectivity index (χ4v) is 6.14. The Morgan fingerprint density at radius 3 is 2.19 bits per heavy atom. The Morgan fingerprint density at radius 2 is 1.61 bits per heavy atom. The molecule has 4 fully saturated rings. The number of aromatic nitrogens is 2. The van der Waals surface area contributed by atoms with Crippen LogP contribution in [-0.4, -0.2) is 26.3 Å². The van der Waals surface area contributed by atoms with Crippen molar-refractivity contribution in [2.24, 2.45) is 17.8 Å². The zero-order valence-electron chi connectivity index (χ0n) is 17.4. The molecule has 0 radical (unpaired) electrons. The number of aryl methyl sites for hydroxylation is 1. The predicted molar refractivity (Wildman–Crippen MR) is 115 cm³/mol. The maximum atomic E-state index is 12.4. The Bertz CT molecular complexity index is 987. The SMILES string of the molecule is Cc1ccc(C(=O)NNc2ncnc(NC34CC5CC(CC(C5)C3)C4)c2[N+](=O)[O-])cc1. The van der Waals surface area contributed by atoms with E-state index in [-0.39, 0.29) is 22.9 Å². The first-order chi connectivity index (χ1) is 14.9. The molecule has 0 saturated heterocycles. The molecule has 4 aliphatic rings. The lowest BCUT2D eigenvalue weighted by Crippen LogP contribution is -2.55. The van der Waals surface area contributed by atoms with Crippen LogP contribution < -0.4 is 16.2 Å². The molecule has 1 amide bonds. The number of nitrogens with zero attached hydrogens (tertiary/aromatic N) is 3. The fourth-order valence-electron chi connectivity index (χ4n) is 6.14. The van der Waals surface area contributed by atoms with E-state index >= 15 is 0 Å². The van der Waals surface area contributed by atoms with E-state index in [1.165, 1.54) is 25.6 Å². The first kappa shape index (κ1) is 19.7. The van der Waals surface area contributed by atoms with E-state index in [0.29, 0.717) is 23.3 Å². The van der Waals surface area contributed by atoms with Crippen LogP contribution in [0.1, 0.15) is 54.4 Å². The minimum atomic E-state index is -0.497. The maximum Gasteiger partial charge on any atom is 0.354 e. The molecular formula is C22H26N6O3. The predicted octanol–water partition coefficient (Wildman–Crippen LogP) is 3.83. The van der Waals surface area contributed by atoms with Crippen LogP contribution in [0, 0.1) is 34.8 Å². The normalized spacial score (nSPS) is 28.2. The summed E-state index contributed by atoms with van der Waals surface area (Å²) in [6.07, 6.45) is 8.24. The summed E-state index contributed by atoms with van der Waals surface area (Å²) in [6.45, 7) is 1.93. The molecule has 3 N–H and O–H groups in total. The quantitative estimate of drug-likeness (QED) is 0.478. The molecule has 9 nitrogen and oxygen atoms in total. The highest BCUT2D eigenvalue weighted by molar-refractivity contribution is 5.95. The standard InChI is InChI=1S/C22H26N6O3/c1-13-2-4-17(5-3-13)21(29)27-26-20-18(28(30)31)19(23-12-24-20)25-22-9-14-6-15(10-22)8-16(7-14)11-22/h2-5,12,14-16H,6-11H2,1H3,(H,27,29)(H2,23,24,25,26). The molecular weight excluding hydrogens is 396 g/mol. The summed E-state index contributed by atoms with van der Waals surface area (Å²) in [5, 5.41) is 15.4. The van der Waals surface area contributed by atoms with Crippen LogP contribution in [0.2, 0.25) is 0 Å². The van der Waals surface area contributed by atoms with Crippen molar-refractivity contribution in [3.8, 4) is 0 Å². The van der Waals surface area contributed by atoms with E-state index in [2.05, 4.69) is 26.1 Å². The smallest absolute Gasteiger partial charge is 0.354 e. The van der Waals surface area contributed by atoms with Crippen LogP contribution in [0.15, 0.2) is 30.6 Å². The largest absolute Gasteiger partial charge is 0.359 e. The second-order valence-electron chi connectivity index (χ2n) is 9.44. The molecule has 6 rings (SSSR count). The van der Waals surface area contributed by atoms with E-state index in [9.17, 15) is 14.9 Å². The van der Waals surface area contributed by atoms with E-state index in [4.69, 9.17) is 0 Å². The van der Waals surface area contributed by atoms with Gasteiger partial charge in [0.15, 0.2) is 0 Å². The van der Waals surface area contributed by atoms with Gasteiger partial charge in [0, 0.05) is 11.1 Å². The van der Waals surface area contributed by atoms with Crippen molar-refractivity contribution in [1.29, 1.82) is 0 Å². The molecule has 0 spiro atoms. The lowest BCUT2D eigenvalue weighted by Gasteiger charge is -2.57. The Balaban J connectivity index is 1.36. The van der Waals surface area contributed by atoms with Gasteiger partial charge in [-0.25, -0.2) is 9.97 Å². The van der Waals surface area contributed by atoms with Gasteiger partial charge in [-0.3, -0.25) is 25.8 Å². The number of nitro groups is 1. The van der Waals surface area contributed by atoms with Gasteiger partial charge in [0.25, 0.3) is 5.91 Å². The second-order valence-corrected chi connectivity index (χ2v) is 9.44. The van der Waals surface area contributed by atoms with E-state index in [1.807, 2.05) is 19.1 Å². The highest BCUT2D eigenvalue weighted by Gasteiger charge is 2.51. The molecule has 1 aromatic heterocycles. The number of carbonyl (C=O) groups is 1. The highest BCUT2D eigenvalue weighted by Crippen LogP contribution is 2.56. The van der Waals surface area contributed by atoms with Gasteiger partial charge < -0.3 is 5.32 Å². The van der Waals surface area contributed by atoms with Crippen LogP contribution in [-0.2, 0) is 0 Å². The van der Waals surface area contributed by atoms with Gasteiger partial charge in [0.2, 0.25) is 11.6 Å². The molecule has 1 heterocycles. The number of hydrazine groups is 1. The Morgan fingerprint density at radius 1 is 1.03 bits per heavy atom. The van der Waals surface area contributed by atoms with Crippen LogP contribution in [0.5, 0.6) is 0 Å². The Hall–Kier alpha value is -3.23. The van der Waals surface area contributed by atoms with E-state index < -0.39 is 10.8 Å². The van der Waals surface area contributed by atoms with Gasteiger partial charge in [-0.2, -0.15) is 0 Å². The molecule has 31 heavy (non-hydrogen) atoms. The van der Waals surface area contributed by atoms with Crippen molar-refractivity contribution in [3.05, 3.63) is 51.8 Å². The number of hydrogen-bond acceptors (Lipinski definition) is 7. The molecule has 0 atom stereocenters. The summed E-state index contributed by atoms with van der Waals surface area (Å²) in [7, 11) is 0. The van der Waals surface area contributed by atoms with Gasteiger partial charge in [-0.15, -0.1) is 0 Å². The maximum absolute atomic E-state index is 12.4. The highest BCUT2D eigenvalue weighted by atomic mass is 16.6. The Kier molecular flexibility index (Phi) is 4.75. The van der Waals surface area contributed by atoms with Crippen LogP contribution in [0.3, 0.4) is 0 Å². The number of amides is 1. The van der Waals surface area contributed by atoms with E-state index in [0.717, 1.165) is 24.8 Å². The second kappa shape index (κ2) is 7.47. The minimum absolute atomic E-state index is 0.0345. The van der Waals surface area contributed by atoms with Crippen molar-refractivity contribution >= 4 is 23.2 Å². The van der Waals surface area contributed by atoms with Crippen molar-refractivity contribution in [1.82, 2.24) is 15.4 Å². The third-order valence-electron chi connectivity index (χ3n) is 7.03. The third kappa shape index (κ3) is 3.80. The summed E-state index contributed by atoms with van der Waals surface area (Å²) < 4.78 is 0. The summed E-state index contributed by atoms with van der Waals surface area (Å²) in [6, 6.07) is 7.05. The van der Waals surface area contributed by atoms with Gasteiger partial charge in [-0.1, -0.05) is 17.7 Å². The number of benzene rings is 1. The summed E-state index contributed by atoms with van der Waals surface area (Å²) in [4.78, 5) is 32.0. The van der Waals surface area contributed by atoms with Crippen molar-refractivity contribution < 1.29 is 9.72 Å². The monoisotopic (exact) mass is 422 g/mol. The fraction of sp³-hybridized carbons (Fsp3) is 0.500. The average molecular weight is 422 g/mol. The molecule has 4 aliphatic carbocycles. The van der Waals surface area contributed by atoms with Crippen molar-refractivity contribution in [3.63, 3.8) is 0 Å². The van der Waals surface area contributed by atoms with Gasteiger partial charge in [-0.05, 0) is 75.3 Å². The summed E-state index contributed by atoms with van der Waals surface area (Å²) in [5.41, 5.74) is 6.24. The molecule has 9 heteroatoms. The number of hydrogen-bond donors (Lipinski definition) is 3. The number of carbonyl (C=O) groups excluding carboxylic acids is 1. The van der Waals surface area contributed by atoms with Crippen LogP contribution >= 0.6 is 0 Å². The summed E-state index contributed by atoms with van der Waals surface area (Å²) in [5.74, 6) is 1.88. The third-order valence-corrected chi connectivity index (χ3v) is 7.03. The number of rotatable bonds is 6. The first-order valence-corrected chi connectivity index (χ1v) is 10.8. The lowest BCUT2D eigenvalue weighted by atomic mass is 9.53. The molecule has 0 aliphatic heterocycles. The summed E-state index contributed by atoms with van der Waals surface area (Å²) >= 11 is 0. The van der Waals surface area contributed by atoms with Gasteiger partial charge in [0.1, 0.15) is 6.33 Å². The Labute approximate surface area is 180 Å².